The number of amides is 1. The molecule has 0 saturated carbocycles. The third kappa shape index (κ3) is 6.41. The van der Waals surface area contributed by atoms with Gasteiger partial charge in [-0.1, -0.05) is 27.7 Å². The molecule has 0 aromatic carbocycles. The van der Waals surface area contributed by atoms with E-state index in [1.54, 1.807) is 0 Å². The first-order valence-electron chi connectivity index (χ1n) is 12.3. The van der Waals surface area contributed by atoms with Crippen LogP contribution in [-0.4, -0.2) is 98.5 Å². The monoisotopic (exact) mass is 408 g/mol. The highest BCUT2D eigenvalue weighted by Gasteiger charge is 2.43. The number of nitrogens with zero attached hydrogens (tertiary/aromatic N) is 4. The van der Waals surface area contributed by atoms with Crippen LogP contribution >= 0.6 is 0 Å². The van der Waals surface area contributed by atoms with Gasteiger partial charge in [0, 0.05) is 26.6 Å². The van der Waals surface area contributed by atoms with Gasteiger partial charge in [0.1, 0.15) is 0 Å². The maximum atomic E-state index is 11.4. The van der Waals surface area contributed by atoms with Crippen molar-refractivity contribution < 1.29 is 4.79 Å². The first kappa shape index (κ1) is 24.6. The lowest BCUT2D eigenvalue weighted by molar-refractivity contribution is -0.126. The molecular formula is C24H48N4O. The summed E-state index contributed by atoms with van der Waals surface area (Å²) in [6, 6.07) is 0. The zero-order chi connectivity index (χ0) is 21.5. The van der Waals surface area contributed by atoms with Gasteiger partial charge in [-0.15, -0.1) is 0 Å². The number of rotatable bonds is 2. The van der Waals surface area contributed by atoms with Crippen molar-refractivity contribution in [2.45, 2.75) is 66.2 Å². The normalized spacial score (nSPS) is 27.0. The topological polar surface area (TPSA) is 30.0 Å². The number of hydrogen-bond donors (Lipinski definition) is 0. The van der Waals surface area contributed by atoms with Crippen LogP contribution < -0.4 is 0 Å². The molecule has 4 fully saturated rings. The van der Waals surface area contributed by atoms with Gasteiger partial charge < -0.3 is 19.6 Å². The van der Waals surface area contributed by atoms with Gasteiger partial charge >= 0.3 is 0 Å². The second kappa shape index (κ2) is 11.1. The lowest BCUT2D eigenvalue weighted by atomic mass is 9.78. The third-order valence-corrected chi connectivity index (χ3v) is 7.90. The Morgan fingerprint density at radius 1 is 0.724 bits per heavy atom. The smallest absolute Gasteiger partial charge is 0.222 e. The van der Waals surface area contributed by atoms with Crippen LogP contribution in [0.3, 0.4) is 0 Å². The molecule has 1 amide bonds. The molecule has 4 rings (SSSR count). The number of carbonyl (C=O) groups excluding carboxylic acids is 1. The highest BCUT2D eigenvalue weighted by Crippen LogP contribution is 2.40. The minimum Gasteiger partial charge on any atom is -0.345 e. The summed E-state index contributed by atoms with van der Waals surface area (Å²) < 4.78 is 0. The summed E-state index contributed by atoms with van der Waals surface area (Å²) in [4.78, 5) is 20.9. The molecule has 4 aliphatic rings. The van der Waals surface area contributed by atoms with E-state index in [0.29, 0.717) is 16.7 Å². The van der Waals surface area contributed by atoms with E-state index in [0.717, 1.165) is 26.1 Å². The van der Waals surface area contributed by atoms with Crippen molar-refractivity contribution in [2.75, 3.05) is 73.0 Å². The zero-order valence-corrected chi connectivity index (χ0v) is 20.3. The van der Waals surface area contributed by atoms with Crippen LogP contribution in [0, 0.1) is 10.8 Å². The summed E-state index contributed by atoms with van der Waals surface area (Å²) in [5.74, 6) is 0.338. The molecule has 5 heteroatoms. The van der Waals surface area contributed by atoms with E-state index < -0.39 is 0 Å². The fraction of sp³-hybridized carbons (Fsp3) is 0.958. The van der Waals surface area contributed by atoms with Gasteiger partial charge in [-0.2, -0.15) is 0 Å². The maximum absolute atomic E-state index is 11.4. The summed E-state index contributed by atoms with van der Waals surface area (Å²) in [6.45, 7) is 19.8. The Morgan fingerprint density at radius 2 is 1.21 bits per heavy atom. The summed E-state index contributed by atoms with van der Waals surface area (Å²) in [7, 11) is 4.09. The predicted octanol–water partition coefficient (Wildman–Crippen LogP) is 3.40. The Hall–Kier alpha value is -0.650. The van der Waals surface area contributed by atoms with Gasteiger partial charge in [0.15, 0.2) is 0 Å². The molecule has 0 aromatic rings. The molecule has 0 atom stereocenters. The van der Waals surface area contributed by atoms with E-state index in [-0.39, 0.29) is 0 Å². The molecule has 4 aliphatic heterocycles. The summed E-state index contributed by atoms with van der Waals surface area (Å²) in [5, 5.41) is 0. The fourth-order valence-corrected chi connectivity index (χ4v) is 5.58. The lowest BCUT2D eigenvalue weighted by Gasteiger charge is -2.39. The van der Waals surface area contributed by atoms with Gasteiger partial charge in [0.2, 0.25) is 5.91 Å². The first-order chi connectivity index (χ1) is 13.9. The van der Waals surface area contributed by atoms with E-state index in [1.165, 1.54) is 71.4 Å². The molecular weight excluding hydrogens is 360 g/mol. The average Bonchev–Trinajstić information content (AvgIpc) is 3.28. The minimum atomic E-state index is 0.332. The van der Waals surface area contributed by atoms with Crippen LogP contribution in [0.15, 0.2) is 0 Å². The Kier molecular flexibility index (Phi) is 9.43. The van der Waals surface area contributed by atoms with Crippen molar-refractivity contribution in [3.05, 3.63) is 0 Å². The van der Waals surface area contributed by atoms with E-state index in [9.17, 15) is 4.79 Å². The van der Waals surface area contributed by atoms with Crippen LogP contribution in [0.1, 0.15) is 66.2 Å². The van der Waals surface area contributed by atoms with E-state index in [4.69, 9.17) is 0 Å². The molecule has 29 heavy (non-hydrogen) atoms. The van der Waals surface area contributed by atoms with Crippen molar-refractivity contribution in [2.24, 2.45) is 10.8 Å². The van der Waals surface area contributed by atoms with Crippen LogP contribution in [0.25, 0.3) is 0 Å². The molecule has 0 bridgehead atoms. The number of likely N-dealkylation sites (tertiary alicyclic amines) is 4. The summed E-state index contributed by atoms with van der Waals surface area (Å²) >= 11 is 0. The second-order valence-corrected chi connectivity index (χ2v) is 9.78. The number of carbonyl (C=O) groups is 1. The van der Waals surface area contributed by atoms with Gasteiger partial charge in [-0.3, -0.25) is 4.79 Å². The molecule has 0 radical (unpaired) electrons. The molecule has 0 aromatic heterocycles. The Morgan fingerprint density at radius 3 is 1.62 bits per heavy atom. The standard InChI is InChI=1S/C12H24N2.C10H18N2O.C2H6/c1-3-13-8-5-12(6-9-13)7-10-14(4-2)11-12;1-11-5-3-10(4-6-11)7-9(13)12(2)8-10;1-2/h3-11H2,1-2H3;3-8H2,1-2H3;1-2H3. The van der Waals surface area contributed by atoms with E-state index in [1.807, 2.05) is 25.8 Å². The van der Waals surface area contributed by atoms with Gasteiger partial charge in [0.05, 0.1) is 0 Å². The average molecular weight is 409 g/mol. The Balaban J connectivity index is 0.000000191. The molecule has 4 heterocycles. The van der Waals surface area contributed by atoms with Crippen molar-refractivity contribution in [1.29, 1.82) is 0 Å². The number of piperidine rings is 2. The molecule has 170 valence electrons. The van der Waals surface area contributed by atoms with Crippen molar-refractivity contribution in [3.63, 3.8) is 0 Å². The Bertz CT molecular complexity index is 493. The number of hydrogen-bond acceptors (Lipinski definition) is 4. The minimum absolute atomic E-state index is 0.332. The zero-order valence-electron chi connectivity index (χ0n) is 20.3. The SMILES string of the molecule is CC.CCN1CCC2(CC1)CCN(CC)C2.CN1CCC2(CC1)CC(=O)N(C)C2. The van der Waals surface area contributed by atoms with Crippen LogP contribution in [0.2, 0.25) is 0 Å². The van der Waals surface area contributed by atoms with Gasteiger partial charge in [-0.25, -0.2) is 0 Å². The van der Waals surface area contributed by atoms with Crippen molar-refractivity contribution >= 4 is 5.91 Å². The van der Waals surface area contributed by atoms with Crippen LogP contribution in [0.5, 0.6) is 0 Å². The first-order valence-corrected chi connectivity index (χ1v) is 12.3. The molecule has 0 aliphatic carbocycles. The molecule has 4 saturated heterocycles. The predicted molar refractivity (Wildman–Crippen MR) is 123 cm³/mol. The summed E-state index contributed by atoms with van der Waals surface area (Å²) in [6.07, 6.45) is 7.52. The Labute approximate surface area is 180 Å². The molecule has 0 unspecified atom stereocenters. The van der Waals surface area contributed by atoms with Gasteiger partial charge in [0.25, 0.3) is 0 Å². The highest BCUT2D eigenvalue weighted by molar-refractivity contribution is 5.79. The second-order valence-electron chi connectivity index (χ2n) is 9.78. The lowest BCUT2D eigenvalue weighted by Crippen LogP contribution is -2.41. The van der Waals surface area contributed by atoms with E-state index >= 15 is 0 Å². The van der Waals surface area contributed by atoms with Crippen molar-refractivity contribution in [3.8, 4) is 0 Å². The summed E-state index contributed by atoms with van der Waals surface area (Å²) in [5.41, 5.74) is 1.04. The van der Waals surface area contributed by atoms with Gasteiger partial charge in [-0.05, 0) is 95.8 Å². The highest BCUT2D eigenvalue weighted by atomic mass is 16.2. The largest absolute Gasteiger partial charge is 0.345 e. The van der Waals surface area contributed by atoms with Crippen LogP contribution in [-0.2, 0) is 4.79 Å². The molecule has 0 N–H and O–H groups in total. The third-order valence-electron chi connectivity index (χ3n) is 7.90. The molecule has 5 nitrogen and oxygen atoms in total. The fourth-order valence-electron chi connectivity index (χ4n) is 5.58. The van der Waals surface area contributed by atoms with Crippen LogP contribution in [0.4, 0.5) is 0 Å². The van der Waals surface area contributed by atoms with E-state index in [2.05, 4.69) is 35.6 Å². The van der Waals surface area contributed by atoms with Crippen molar-refractivity contribution in [1.82, 2.24) is 19.6 Å². The maximum Gasteiger partial charge on any atom is 0.222 e. The molecule has 2 spiro atoms. The quantitative estimate of drug-likeness (QED) is 0.700.